The van der Waals surface area contributed by atoms with Gasteiger partial charge in [-0.3, -0.25) is 0 Å². The van der Waals surface area contributed by atoms with Crippen LogP contribution >= 0.6 is 0 Å². The minimum absolute atomic E-state index is 0.308. The highest BCUT2D eigenvalue weighted by Gasteiger charge is 2.12. The first-order chi connectivity index (χ1) is 7.16. The Morgan fingerprint density at radius 1 is 1.27 bits per heavy atom. The Morgan fingerprint density at radius 2 is 1.87 bits per heavy atom. The molecule has 78 valence electrons. The Hall–Kier alpha value is -1.83. The molecule has 0 saturated heterocycles. The minimum atomic E-state index is -0.411. The Labute approximate surface area is 89.9 Å². The Bertz CT molecular complexity index is 377. The molecule has 0 bridgehead atoms. The van der Waals surface area contributed by atoms with Crippen LogP contribution in [0.3, 0.4) is 0 Å². The summed E-state index contributed by atoms with van der Waals surface area (Å²) in [6, 6.07) is 9.45. The maximum atomic E-state index is 11.4. The topological polar surface area (TPSA) is 26.3 Å². The van der Waals surface area contributed by atoms with Crippen molar-refractivity contribution in [2.75, 3.05) is 6.61 Å². The third-order valence-corrected chi connectivity index (χ3v) is 2.01. The molecular formula is C13H14O2. The van der Waals surface area contributed by atoms with Gasteiger partial charge in [-0.25, -0.2) is 4.79 Å². The van der Waals surface area contributed by atoms with Gasteiger partial charge in [0, 0.05) is 0 Å². The van der Waals surface area contributed by atoms with Crippen LogP contribution in [-0.2, 0) is 9.53 Å². The Kier molecular flexibility index (Phi) is 3.86. The van der Waals surface area contributed by atoms with Gasteiger partial charge in [0.2, 0.25) is 0 Å². The molecule has 2 nitrogen and oxygen atoms in total. The summed E-state index contributed by atoms with van der Waals surface area (Å²) in [6.45, 7) is 9.61. The third-order valence-electron chi connectivity index (χ3n) is 2.01. The van der Waals surface area contributed by atoms with Gasteiger partial charge in [-0.05, 0) is 18.1 Å². The van der Waals surface area contributed by atoms with E-state index in [9.17, 15) is 4.79 Å². The van der Waals surface area contributed by atoms with Crippen molar-refractivity contribution in [3.63, 3.8) is 0 Å². The first kappa shape index (κ1) is 11.2. The molecule has 0 radical (unpaired) electrons. The zero-order valence-electron chi connectivity index (χ0n) is 8.82. The quantitative estimate of drug-likeness (QED) is 0.426. The second kappa shape index (κ2) is 5.15. The van der Waals surface area contributed by atoms with Gasteiger partial charge in [0.25, 0.3) is 0 Å². The van der Waals surface area contributed by atoms with Gasteiger partial charge >= 0.3 is 5.97 Å². The summed E-state index contributed by atoms with van der Waals surface area (Å²) in [5.41, 5.74) is 1.80. The maximum Gasteiger partial charge on any atom is 0.338 e. The number of carbonyl (C=O) groups is 1. The fraction of sp³-hybridized carbons (Fsp3) is 0.154. The van der Waals surface area contributed by atoms with E-state index in [0.29, 0.717) is 17.8 Å². The van der Waals surface area contributed by atoms with E-state index in [-0.39, 0.29) is 0 Å². The number of benzene rings is 1. The van der Waals surface area contributed by atoms with Crippen LogP contribution in [0.15, 0.2) is 49.1 Å². The minimum Gasteiger partial charge on any atom is -0.462 e. The van der Waals surface area contributed by atoms with Gasteiger partial charge in [0.1, 0.15) is 0 Å². The van der Waals surface area contributed by atoms with Crippen LogP contribution < -0.4 is 0 Å². The second-order valence-corrected chi connectivity index (χ2v) is 3.04. The third kappa shape index (κ3) is 2.81. The molecule has 2 heteroatoms. The molecule has 0 spiro atoms. The number of ether oxygens (including phenoxy) is 1. The lowest BCUT2D eigenvalue weighted by molar-refractivity contribution is -0.137. The van der Waals surface area contributed by atoms with Crippen LogP contribution in [0.2, 0.25) is 0 Å². The van der Waals surface area contributed by atoms with Crippen LogP contribution in [-0.4, -0.2) is 12.6 Å². The molecule has 0 fully saturated rings. The van der Waals surface area contributed by atoms with Crippen LogP contribution in [0.25, 0.3) is 5.57 Å². The first-order valence-corrected chi connectivity index (χ1v) is 4.77. The van der Waals surface area contributed by atoms with E-state index >= 15 is 0 Å². The predicted molar refractivity (Wildman–Crippen MR) is 61.2 cm³/mol. The number of hydrogen-bond donors (Lipinski definition) is 0. The standard InChI is InChI=1S/C13H14O2/c1-4-15-13(14)11(3)10(2)12-8-6-5-7-9-12/h5-9H,2-4H2,1H3. The fourth-order valence-corrected chi connectivity index (χ4v) is 1.15. The summed E-state index contributed by atoms with van der Waals surface area (Å²) < 4.78 is 4.85. The number of rotatable bonds is 4. The van der Waals surface area contributed by atoms with Crippen LogP contribution in [0.1, 0.15) is 12.5 Å². The molecule has 1 aromatic rings. The Morgan fingerprint density at radius 3 is 2.40 bits per heavy atom. The summed E-state index contributed by atoms with van der Waals surface area (Å²) in [4.78, 5) is 11.4. The first-order valence-electron chi connectivity index (χ1n) is 4.77. The summed E-state index contributed by atoms with van der Waals surface area (Å²) in [7, 11) is 0. The van der Waals surface area contributed by atoms with Crippen molar-refractivity contribution in [2.45, 2.75) is 6.92 Å². The smallest absolute Gasteiger partial charge is 0.338 e. The van der Waals surface area contributed by atoms with Gasteiger partial charge in [-0.1, -0.05) is 43.5 Å². The van der Waals surface area contributed by atoms with Crippen LogP contribution in [0, 0.1) is 0 Å². The molecule has 0 heterocycles. The van der Waals surface area contributed by atoms with E-state index < -0.39 is 5.97 Å². The van der Waals surface area contributed by atoms with E-state index in [1.54, 1.807) is 6.92 Å². The zero-order chi connectivity index (χ0) is 11.3. The van der Waals surface area contributed by atoms with Gasteiger partial charge in [-0.15, -0.1) is 0 Å². The highest BCUT2D eigenvalue weighted by atomic mass is 16.5. The Balaban J connectivity index is 2.78. The van der Waals surface area contributed by atoms with E-state index in [1.165, 1.54) is 0 Å². The van der Waals surface area contributed by atoms with Crippen LogP contribution in [0.5, 0.6) is 0 Å². The van der Waals surface area contributed by atoms with Gasteiger partial charge in [0.05, 0.1) is 12.2 Å². The average Bonchev–Trinajstić information content (AvgIpc) is 2.28. The fourth-order valence-electron chi connectivity index (χ4n) is 1.15. The van der Waals surface area contributed by atoms with Gasteiger partial charge < -0.3 is 4.74 Å². The van der Waals surface area contributed by atoms with Crippen molar-refractivity contribution >= 4 is 11.5 Å². The number of esters is 1. The number of carbonyl (C=O) groups excluding carboxylic acids is 1. The SMILES string of the molecule is C=C(C(=C)c1ccccc1)C(=O)OCC. The monoisotopic (exact) mass is 202 g/mol. The van der Waals surface area contributed by atoms with E-state index in [4.69, 9.17) is 4.74 Å². The molecule has 15 heavy (non-hydrogen) atoms. The lowest BCUT2D eigenvalue weighted by atomic mass is 10.0. The molecule has 0 unspecified atom stereocenters. The molecule has 0 atom stereocenters. The van der Waals surface area contributed by atoms with Crippen molar-refractivity contribution in [3.8, 4) is 0 Å². The second-order valence-electron chi connectivity index (χ2n) is 3.04. The number of hydrogen-bond acceptors (Lipinski definition) is 2. The molecule has 0 amide bonds. The maximum absolute atomic E-state index is 11.4. The highest BCUT2D eigenvalue weighted by Crippen LogP contribution is 2.20. The van der Waals surface area contributed by atoms with Crippen molar-refractivity contribution in [2.24, 2.45) is 0 Å². The molecule has 0 N–H and O–H groups in total. The van der Waals surface area contributed by atoms with Crippen LogP contribution in [0.4, 0.5) is 0 Å². The normalized spacial score (nSPS) is 9.40. The highest BCUT2D eigenvalue weighted by molar-refractivity contribution is 6.04. The average molecular weight is 202 g/mol. The molecule has 0 aromatic heterocycles. The lowest BCUT2D eigenvalue weighted by Gasteiger charge is -2.08. The molecule has 1 rings (SSSR count). The largest absolute Gasteiger partial charge is 0.462 e. The van der Waals surface area contributed by atoms with E-state index in [2.05, 4.69) is 13.2 Å². The van der Waals surface area contributed by atoms with Crippen molar-refractivity contribution in [3.05, 3.63) is 54.6 Å². The van der Waals surface area contributed by atoms with Crippen molar-refractivity contribution in [1.29, 1.82) is 0 Å². The molecule has 0 aliphatic heterocycles. The lowest BCUT2D eigenvalue weighted by Crippen LogP contribution is -2.07. The molecular weight excluding hydrogens is 188 g/mol. The van der Waals surface area contributed by atoms with E-state index in [1.807, 2.05) is 30.3 Å². The molecule has 0 saturated carbocycles. The summed E-state index contributed by atoms with van der Waals surface area (Å²) in [6.07, 6.45) is 0. The van der Waals surface area contributed by atoms with E-state index in [0.717, 1.165) is 5.56 Å². The molecule has 1 aromatic carbocycles. The summed E-state index contributed by atoms with van der Waals surface area (Å²) in [5, 5.41) is 0. The van der Waals surface area contributed by atoms with Crippen molar-refractivity contribution < 1.29 is 9.53 Å². The molecule has 0 aliphatic carbocycles. The summed E-state index contributed by atoms with van der Waals surface area (Å²) in [5.74, 6) is -0.411. The predicted octanol–water partition coefficient (Wildman–Crippen LogP) is 2.82. The molecule has 0 aliphatic rings. The zero-order valence-corrected chi connectivity index (χ0v) is 8.82. The summed E-state index contributed by atoms with van der Waals surface area (Å²) >= 11 is 0. The van der Waals surface area contributed by atoms with Gasteiger partial charge in [-0.2, -0.15) is 0 Å². The van der Waals surface area contributed by atoms with Gasteiger partial charge in [0.15, 0.2) is 0 Å². The van der Waals surface area contributed by atoms with Crippen molar-refractivity contribution in [1.82, 2.24) is 0 Å².